The smallest absolute Gasteiger partial charge is 0.251 e. The minimum Gasteiger partial charge on any atom is -0.486 e. The lowest BCUT2D eigenvalue weighted by atomic mass is 10.1. The number of aromatic nitrogens is 2. The van der Waals surface area contributed by atoms with Crippen LogP contribution >= 0.6 is 11.6 Å². The number of ether oxygens (including phenoxy) is 1. The van der Waals surface area contributed by atoms with E-state index in [-0.39, 0.29) is 18.5 Å². The van der Waals surface area contributed by atoms with Gasteiger partial charge in [0.25, 0.3) is 5.91 Å². The Hall–Kier alpha value is -2.34. The third kappa shape index (κ3) is 3.65. The first-order valence-corrected chi connectivity index (χ1v) is 7.29. The average molecular weight is 319 g/mol. The van der Waals surface area contributed by atoms with Crippen LogP contribution in [0.2, 0.25) is 5.02 Å². The number of hydrogen-bond donors (Lipinski definition) is 2. The second-order valence-corrected chi connectivity index (χ2v) is 5.53. The molecule has 2 aromatic rings. The van der Waals surface area contributed by atoms with Gasteiger partial charge in [0, 0.05) is 22.2 Å². The lowest BCUT2D eigenvalue weighted by Gasteiger charge is -2.10. The first-order valence-electron chi connectivity index (χ1n) is 6.91. The molecule has 1 amide bonds. The Labute approximate surface area is 132 Å². The molecule has 0 unspecified atom stereocenters. The van der Waals surface area contributed by atoms with E-state index in [1.54, 1.807) is 18.2 Å². The van der Waals surface area contributed by atoms with Crippen LogP contribution in [0.15, 0.2) is 30.6 Å². The molecular formula is C15H15ClN4O2. The molecule has 3 rings (SSSR count). The number of benzene rings is 1. The number of carbonyl (C=O) groups excluding carboxylic acids is 1. The largest absolute Gasteiger partial charge is 0.486 e. The molecule has 114 valence electrons. The number of rotatable bonds is 5. The predicted molar refractivity (Wildman–Crippen MR) is 82.7 cm³/mol. The SMILES string of the molecule is Nc1ncc(OCc2cc(C(=O)NC3CC3)ccc2Cl)cn1. The van der Waals surface area contributed by atoms with Crippen LogP contribution in [0.1, 0.15) is 28.8 Å². The predicted octanol–water partition coefficient (Wildman–Crippen LogP) is 2.18. The van der Waals surface area contributed by atoms with Crippen molar-refractivity contribution in [2.45, 2.75) is 25.5 Å². The van der Waals surface area contributed by atoms with E-state index in [9.17, 15) is 4.79 Å². The Morgan fingerprint density at radius 3 is 2.77 bits per heavy atom. The second-order valence-electron chi connectivity index (χ2n) is 5.12. The number of nitrogens with zero attached hydrogens (tertiary/aromatic N) is 2. The lowest BCUT2D eigenvalue weighted by molar-refractivity contribution is 0.0951. The van der Waals surface area contributed by atoms with Gasteiger partial charge in [-0.05, 0) is 31.0 Å². The molecule has 0 bridgehead atoms. The van der Waals surface area contributed by atoms with Gasteiger partial charge >= 0.3 is 0 Å². The third-order valence-corrected chi connectivity index (χ3v) is 3.63. The van der Waals surface area contributed by atoms with Crippen LogP contribution in [0.25, 0.3) is 0 Å². The maximum absolute atomic E-state index is 12.0. The number of halogens is 1. The van der Waals surface area contributed by atoms with Crippen LogP contribution in [0.4, 0.5) is 5.95 Å². The fraction of sp³-hybridized carbons (Fsp3) is 0.267. The molecule has 1 aliphatic carbocycles. The van der Waals surface area contributed by atoms with Crippen molar-refractivity contribution >= 4 is 23.5 Å². The lowest BCUT2D eigenvalue weighted by Crippen LogP contribution is -2.25. The first kappa shape index (κ1) is 14.6. The quantitative estimate of drug-likeness (QED) is 0.882. The number of anilines is 1. The van der Waals surface area contributed by atoms with Gasteiger partial charge in [-0.2, -0.15) is 0 Å². The second kappa shape index (κ2) is 6.19. The van der Waals surface area contributed by atoms with E-state index in [2.05, 4.69) is 15.3 Å². The van der Waals surface area contributed by atoms with Crippen LogP contribution in [0, 0.1) is 0 Å². The topological polar surface area (TPSA) is 90.1 Å². The number of hydrogen-bond acceptors (Lipinski definition) is 5. The van der Waals surface area contributed by atoms with Crippen molar-refractivity contribution in [2.24, 2.45) is 0 Å². The molecule has 1 saturated carbocycles. The molecule has 1 aliphatic rings. The summed E-state index contributed by atoms with van der Waals surface area (Å²) in [5.74, 6) is 0.582. The molecular weight excluding hydrogens is 304 g/mol. The van der Waals surface area contributed by atoms with E-state index in [0.29, 0.717) is 22.4 Å². The first-order chi connectivity index (χ1) is 10.6. The molecule has 0 radical (unpaired) electrons. The Balaban J connectivity index is 1.69. The highest BCUT2D eigenvalue weighted by Gasteiger charge is 2.24. The summed E-state index contributed by atoms with van der Waals surface area (Å²) >= 11 is 6.15. The molecule has 1 aromatic heterocycles. The maximum Gasteiger partial charge on any atom is 0.251 e. The van der Waals surface area contributed by atoms with Gasteiger partial charge in [0.15, 0.2) is 5.75 Å². The molecule has 3 N–H and O–H groups in total. The van der Waals surface area contributed by atoms with Crippen molar-refractivity contribution in [3.63, 3.8) is 0 Å². The number of nitrogen functional groups attached to an aromatic ring is 1. The van der Waals surface area contributed by atoms with Crippen LogP contribution in [-0.4, -0.2) is 21.9 Å². The molecule has 0 atom stereocenters. The molecule has 1 aromatic carbocycles. The van der Waals surface area contributed by atoms with Gasteiger partial charge < -0.3 is 15.8 Å². The van der Waals surface area contributed by atoms with Gasteiger partial charge in [-0.15, -0.1) is 0 Å². The fourth-order valence-electron chi connectivity index (χ4n) is 1.88. The summed E-state index contributed by atoms with van der Waals surface area (Å²) in [6, 6.07) is 5.45. The van der Waals surface area contributed by atoms with E-state index in [1.807, 2.05) is 0 Å². The summed E-state index contributed by atoms with van der Waals surface area (Å²) in [5.41, 5.74) is 6.71. The molecule has 0 aliphatic heterocycles. The molecule has 7 heteroatoms. The Morgan fingerprint density at radius 1 is 1.36 bits per heavy atom. The standard InChI is InChI=1S/C15H15ClN4O2/c16-13-4-1-9(14(21)20-11-2-3-11)5-10(13)8-22-12-6-18-15(17)19-7-12/h1,4-7,11H,2-3,8H2,(H,20,21)(H2,17,18,19). The summed E-state index contributed by atoms with van der Waals surface area (Å²) in [6.07, 6.45) is 5.07. The molecule has 1 heterocycles. The number of nitrogens with two attached hydrogens (primary N) is 1. The van der Waals surface area contributed by atoms with Crippen LogP contribution in [0.3, 0.4) is 0 Å². The van der Waals surface area contributed by atoms with E-state index < -0.39 is 0 Å². The van der Waals surface area contributed by atoms with Gasteiger partial charge in [-0.1, -0.05) is 11.6 Å². The fourth-order valence-corrected chi connectivity index (χ4v) is 2.06. The minimum atomic E-state index is -0.0868. The molecule has 1 fully saturated rings. The minimum absolute atomic E-state index is 0.0868. The molecule has 0 saturated heterocycles. The third-order valence-electron chi connectivity index (χ3n) is 3.26. The van der Waals surface area contributed by atoms with Crippen molar-refractivity contribution in [3.05, 3.63) is 46.7 Å². The van der Waals surface area contributed by atoms with Gasteiger partial charge in [-0.25, -0.2) is 9.97 Å². The van der Waals surface area contributed by atoms with E-state index in [4.69, 9.17) is 22.1 Å². The monoisotopic (exact) mass is 318 g/mol. The zero-order valence-electron chi connectivity index (χ0n) is 11.8. The highest BCUT2D eigenvalue weighted by molar-refractivity contribution is 6.31. The normalized spacial score (nSPS) is 13.7. The zero-order chi connectivity index (χ0) is 15.5. The van der Waals surface area contributed by atoms with Crippen molar-refractivity contribution in [1.29, 1.82) is 0 Å². The van der Waals surface area contributed by atoms with Gasteiger partial charge in [0.2, 0.25) is 5.95 Å². The highest BCUT2D eigenvalue weighted by Crippen LogP contribution is 2.22. The number of amides is 1. The molecule has 6 nitrogen and oxygen atoms in total. The number of carbonyl (C=O) groups is 1. The van der Waals surface area contributed by atoms with Crippen molar-refractivity contribution in [1.82, 2.24) is 15.3 Å². The maximum atomic E-state index is 12.0. The zero-order valence-corrected chi connectivity index (χ0v) is 12.5. The van der Waals surface area contributed by atoms with Crippen LogP contribution in [0.5, 0.6) is 5.75 Å². The van der Waals surface area contributed by atoms with E-state index in [0.717, 1.165) is 18.4 Å². The summed E-state index contributed by atoms with van der Waals surface area (Å²) in [5, 5.41) is 3.48. The Bertz CT molecular complexity index is 686. The van der Waals surface area contributed by atoms with E-state index in [1.165, 1.54) is 12.4 Å². The van der Waals surface area contributed by atoms with Gasteiger partial charge in [-0.3, -0.25) is 4.79 Å². The van der Waals surface area contributed by atoms with E-state index >= 15 is 0 Å². The highest BCUT2D eigenvalue weighted by atomic mass is 35.5. The summed E-state index contributed by atoms with van der Waals surface area (Å²) in [6.45, 7) is 0.219. The number of nitrogens with one attached hydrogen (secondary N) is 1. The van der Waals surface area contributed by atoms with Crippen LogP contribution < -0.4 is 15.8 Å². The average Bonchev–Trinajstić information content (AvgIpc) is 3.32. The summed E-state index contributed by atoms with van der Waals surface area (Å²) in [4.78, 5) is 19.7. The van der Waals surface area contributed by atoms with Gasteiger partial charge in [0.1, 0.15) is 6.61 Å². The van der Waals surface area contributed by atoms with Crippen LogP contribution in [-0.2, 0) is 6.61 Å². The van der Waals surface area contributed by atoms with Crippen molar-refractivity contribution < 1.29 is 9.53 Å². The Morgan fingerprint density at radius 2 is 2.09 bits per heavy atom. The summed E-state index contributed by atoms with van der Waals surface area (Å²) < 4.78 is 5.56. The van der Waals surface area contributed by atoms with Crippen molar-refractivity contribution in [2.75, 3.05) is 5.73 Å². The molecule has 22 heavy (non-hydrogen) atoms. The van der Waals surface area contributed by atoms with Gasteiger partial charge in [0.05, 0.1) is 12.4 Å². The summed E-state index contributed by atoms with van der Waals surface area (Å²) in [7, 11) is 0. The van der Waals surface area contributed by atoms with Crippen molar-refractivity contribution in [3.8, 4) is 5.75 Å². The molecule has 0 spiro atoms. The Kier molecular flexibility index (Phi) is 4.11.